The van der Waals surface area contributed by atoms with Crippen molar-refractivity contribution < 1.29 is 4.52 Å². The first-order valence-electron chi connectivity index (χ1n) is 5.83. The molecule has 0 spiro atoms. The fraction of sp³-hybridized carbons (Fsp3) is 0.417. The van der Waals surface area contributed by atoms with E-state index < -0.39 is 0 Å². The molecule has 0 bridgehead atoms. The maximum atomic E-state index is 5.30. The average molecular weight is 230 g/mol. The van der Waals surface area contributed by atoms with Gasteiger partial charge in [0.15, 0.2) is 0 Å². The van der Waals surface area contributed by atoms with Gasteiger partial charge in [0.2, 0.25) is 11.7 Å². The van der Waals surface area contributed by atoms with Gasteiger partial charge < -0.3 is 9.42 Å². The maximum Gasteiger partial charge on any atom is 0.232 e. The largest absolute Gasteiger partial charge is 0.339 e. The van der Waals surface area contributed by atoms with Crippen LogP contribution in [0.25, 0.3) is 11.4 Å². The van der Waals surface area contributed by atoms with Crippen molar-refractivity contribution >= 4 is 0 Å². The molecule has 2 aromatic heterocycles. The van der Waals surface area contributed by atoms with Crippen molar-refractivity contribution in [2.45, 2.75) is 12.8 Å². The van der Waals surface area contributed by atoms with Gasteiger partial charge in [0.05, 0.1) is 5.92 Å². The van der Waals surface area contributed by atoms with Crippen LogP contribution in [0.4, 0.5) is 0 Å². The topological polar surface area (TPSA) is 55.1 Å². The minimum absolute atomic E-state index is 0.396. The summed E-state index contributed by atoms with van der Waals surface area (Å²) in [6, 6.07) is 3.80. The highest BCUT2D eigenvalue weighted by atomic mass is 16.5. The molecule has 0 aliphatic carbocycles. The molecule has 2 aromatic rings. The molecule has 1 aliphatic heterocycles. The van der Waals surface area contributed by atoms with Crippen LogP contribution >= 0.6 is 0 Å². The predicted molar refractivity (Wildman–Crippen MR) is 62.4 cm³/mol. The molecule has 0 radical (unpaired) electrons. The summed E-state index contributed by atoms with van der Waals surface area (Å²) >= 11 is 0. The van der Waals surface area contributed by atoms with E-state index in [0.717, 1.165) is 31.1 Å². The zero-order valence-corrected chi connectivity index (χ0v) is 9.71. The van der Waals surface area contributed by atoms with Gasteiger partial charge >= 0.3 is 0 Å². The zero-order chi connectivity index (χ0) is 11.7. The van der Waals surface area contributed by atoms with Gasteiger partial charge in [0.1, 0.15) is 0 Å². The second-order valence-electron chi connectivity index (χ2n) is 4.25. The van der Waals surface area contributed by atoms with Gasteiger partial charge in [-0.15, -0.1) is 0 Å². The Balaban J connectivity index is 1.76. The monoisotopic (exact) mass is 230 g/mol. The van der Waals surface area contributed by atoms with Crippen molar-refractivity contribution in [3.8, 4) is 11.4 Å². The van der Waals surface area contributed by atoms with E-state index in [1.54, 1.807) is 12.4 Å². The van der Waals surface area contributed by atoms with Crippen molar-refractivity contribution in [1.82, 2.24) is 20.0 Å². The molecule has 3 rings (SSSR count). The van der Waals surface area contributed by atoms with E-state index in [1.165, 1.54) is 0 Å². The highest BCUT2D eigenvalue weighted by Gasteiger charge is 2.31. The van der Waals surface area contributed by atoms with E-state index in [9.17, 15) is 0 Å². The average Bonchev–Trinajstić information content (AvgIpc) is 2.78. The Labute approximate surface area is 99.5 Å². The number of pyridine rings is 1. The molecule has 5 nitrogen and oxygen atoms in total. The maximum absolute atomic E-state index is 5.30. The van der Waals surface area contributed by atoms with E-state index in [4.69, 9.17) is 4.52 Å². The summed E-state index contributed by atoms with van der Waals surface area (Å²) in [6.45, 7) is 5.28. The summed E-state index contributed by atoms with van der Waals surface area (Å²) in [6.07, 6.45) is 3.48. The first kappa shape index (κ1) is 10.4. The summed E-state index contributed by atoms with van der Waals surface area (Å²) in [7, 11) is 0. The smallest absolute Gasteiger partial charge is 0.232 e. The summed E-state index contributed by atoms with van der Waals surface area (Å²) < 4.78 is 5.30. The molecule has 1 saturated heterocycles. The van der Waals surface area contributed by atoms with Crippen molar-refractivity contribution in [1.29, 1.82) is 0 Å². The van der Waals surface area contributed by atoms with Crippen LogP contribution in [0.15, 0.2) is 29.0 Å². The number of aromatic nitrogens is 3. The van der Waals surface area contributed by atoms with Crippen molar-refractivity contribution in [2.75, 3.05) is 19.6 Å². The van der Waals surface area contributed by atoms with Crippen LogP contribution in [0.5, 0.6) is 0 Å². The van der Waals surface area contributed by atoms with Crippen LogP contribution in [-0.4, -0.2) is 39.7 Å². The minimum atomic E-state index is 0.396. The van der Waals surface area contributed by atoms with E-state index in [0.29, 0.717) is 11.7 Å². The number of likely N-dealkylation sites (tertiary alicyclic amines) is 1. The van der Waals surface area contributed by atoms with Crippen LogP contribution in [0.2, 0.25) is 0 Å². The van der Waals surface area contributed by atoms with Gasteiger partial charge in [-0.1, -0.05) is 12.1 Å². The molecule has 0 amide bonds. The molecule has 1 fully saturated rings. The fourth-order valence-corrected chi connectivity index (χ4v) is 2.00. The SMILES string of the molecule is CCN1CC(c2nc(-c3cccnc3)no2)C1. The van der Waals surface area contributed by atoms with Crippen molar-refractivity contribution in [2.24, 2.45) is 0 Å². The summed E-state index contributed by atoms with van der Waals surface area (Å²) in [5.74, 6) is 1.77. The minimum Gasteiger partial charge on any atom is -0.339 e. The Morgan fingerprint density at radius 1 is 1.47 bits per heavy atom. The Hall–Kier alpha value is -1.75. The molecule has 17 heavy (non-hydrogen) atoms. The Morgan fingerprint density at radius 3 is 3.06 bits per heavy atom. The molecule has 3 heterocycles. The van der Waals surface area contributed by atoms with E-state index in [2.05, 4.69) is 26.9 Å². The Kier molecular flexibility index (Phi) is 2.60. The Bertz CT molecular complexity index is 490. The van der Waals surface area contributed by atoms with Crippen LogP contribution in [0, 0.1) is 0 Å². The van der Waals surface area contributed by atoms with Crippen LogP contribution in [-0.2, 0) is 0 Å². The number of hydrogen-bond acceptors (Lipinski definition) is 5. The molecule has 1 aliphatic rings. The van der Waals surface area contributed by atoms with Gasteiger partial charge in [-0.3, -0.25) is 4.98 Å². The second kappa shape index (κ2) is 4.25. The third kappa shape index (κ3) is 1.93. The molecular weight excluding hydrogens is 216 g/mol. The lowest BCUT2D eigenvalue weighted by Crippen LogP contribution is -2.44. The van der Waals surface area contributed by atoms with Gasteiger partial charge in [0, 0.05) is 31.0 Å². The molecule has 88 valence electrons. The Morgan fingerprint density at radius 2 is 2.35 bits per heavy atom. The van der Waals surface area contributed by atoms with E-state index in [1.807, 2.05) is 12.1 Å². The summed E-state index contributed by atoms with van der Waals surface area (Å²) in [5.41, 5.74) is 0.897. The van der Waals surface area contributed by atoms with Crippen LogP contribution in [0.3, 0.4) is 0 Å². The van der Waals surface area contributed by atoms with Gasteiger partial charge in [-0.05, 0) is 18.7 Å². The van der Waals surface area contributed by atoms with E-state index >= 15 is 0 Å². The molecule has 0 atom stereocenters. The van der Waals surface area contributed by atoms with Gasteiger partial charge in [0.25, 0.3) is 0 Å². The summed E-state index contributed by atoms with van der Waals surface area (Å²) in [5, 5.41) is 4.00. The molecule has 0 N–H and O–H groups in total. The number of likely N-dealkylation sites (N-methyl/N-ethyl adjacent to an activating group) is 1. The third-order valence-electron chi connectivity index (χ3n) is 3.12. The van der Waals surface area contributed by atoms with Crippen molar-refractivity contribution in [3.05, 3.63) is 30.4 Å². The second-order valence-corrected chi connectivity index (χ2v) is 4.25. The molecule has 0 aromatic carbocycles. The lowest BCUT2D eigenvalue weighted by Gasteiger charge is -2.35. The first-order chi connectivity index (χ1) is 8.36. The van der Waals surface area contributed by atoms with Crippen LogP contribution < -0.4 is 0 Å². The van der Waals surface area contributed by atoms with Gasteiger partial charge in [-0.25, -0.2) is 0 Å². The van der Waals surface area contributed by atoms with Crippen molar-refractivity contribution in [3.63, 3.8) is 0 Å². The lowest BCUT2D eigenvalue weighted by molar-refractivity contribution is 0.132. The van der Waals surface area contributed by atoms with E-state index in [-0.39, 0.29) is 0 Å². The number of nitrogens with zero attached hydrogens (tertiary/aromatic N) is 4. The lowest BCUT2D eigenvalue weighted by atomic mass is 10.0. The number of rotatable bonds is 3. The molecule has 0 unspecified atom stereocenters. The highest BCUT2D eigenvalue weighted by molar-refractivity contribution is 5.51. The van der Waals surface area contributed by atoms with Crippen LogP contribution in [0.1, 0.15) is 18.7 Å². The zero-order valence-electron chi connectivity index (χ0n) is 9.71. The molecule has 5 heteroatoms. The van der Waals surface area contributed by atoms with Gasteiger partial charge in [-0.2, -0.15) is 4.98 Å². The summed E-state index contributed by atoms with van der Waals surface area (Å²) in [4.78, 5) is 10.8. The third-order valence-corrected chi connectivity index (χ3v) is 3.12. The standard InChI is InChI=1S/C12H14N4O/c1-2-16-7-10(8-16)12-14-11(15-17-12)9-4-3-5-13-6-9/h3-6,10H,2,7-8H2,1H3. The molecule has 0 saturated carbocycles. The predicted octanol–water partition coefficient (Wildman–Crippen LogP) is 1.55. The first-order valence-corrected chi connectivity index (χ1v) is 5.83. The number of hydrogen-bond donors (Lipinski definition) is 0. The quantitative estimate of drug-likeness (QED) is 0.800. The fourth-order valence-electron chi connectivity index (χ4n) is 2.00. The highest BCUT2D eigenvalue weighted by Crippen LogP contribution is 2.26. The normalized spacial score (nSPS) is 17.0. The molecular formula is C12H14N4O.